The van der Waals surface area contributed by atoms with Crippen LogP contribution in [0.2, 0.25) is 5.02 Å². The molecule has 1 aromatic carbocycles. The molecule has 1 aromatic heterocycles. The Kier molecular flexibility index (Phi) is 3.54. The summed E-state index contributed by atoms with van der Waals surface area (Å²) in [5.41, 5.74) is 2.29. The number of fused-ring (bicyclic) bond motifs is 1. The van der Waals surface area contributed by atoms with Gasteiger partial charge in [0.25, 0.3) is 0 Å². The zero-order valence-electron chi connectivity index (χ0n) is 10.3. The summed E-state index contributed by atoms with van der Waals surface area (Å²) in [5.74, 6) is -1.05. The Morgan fingerprint density at radius 1 is 1.50 bits per heavy atom. The Bertz CT molecular complexity index is 699. The van der Waals surface area contributed by atoms with E-state index >= 15 is 0 Å². The number of carboxylic acid groups (broad SMARTS) is 1. The maximum atomic E-state index is 11.3. The summed E-state index contributed by atoms with van der Waals surface area (Å²) in [7, 11) is 0. The molecule has 0 atom stereocenters. The lowest BCUT2D eigenvalue weighted by Crippen LogP contribution is -2.13. The number of rotatable bonds is 2. The maximum Gasteiger partial charge on any atom is 0.356 e. The Morgan fingerprint density at radius 2 is 2.30 bits per heavy atom. The lowest BCUT2D eigenvalue weighted by Gasteiger charge is -2.15. The van der Waals surface area contributed by atoms with E-state index in [4.69, 9.17) is 16.3 Å². The average Bonchev–Trinajstić information content (AvgIpc) is 2.82. The van der Waals surface area contributed by atoms with Crippen molar-refractivity contribution in [1.29, 1.82) is 0 Å². The molecule has 0 bridgehead atoms. The third-order valence-electron chi connectivity index (χ3n) is 3.17. The number of aromatic nitrogens is 2. The van der Waals surface area contributed by atoms with Crippen LogP contribution in [-0.2, 0) is 17.8 Å². The molecule has 0 fully saturated rings. The van der Waals surface area contributed by atoms with E-state index in [9.17, 15) is 9.90 Å². The Balaban J connectivity index is 2.18. The summed E-state index contributed by atoms with van der Waals surface area (Å²) in [6.07, 6.45) is 0.628. The van der Waals surface area contributed by atoms with Crippen molar-refractivity contribution in [2.75, 3.05) is 6.61 Å². The fourth-order valence-corrected chi connectivity index (χ4v) is 2.66. The monoisotopic (exact) mass is 356 g/mol. The van der Waals surface area contributed by atoms with Crippen LogP contribution in [0.1, 0.15) is 21.7 Å². The van der Waals surface area contributed by atoms with E-state index in [1.165, 1.54) is 0 Å². The van der Waals surface area contributed by atoms with Gasteiger partial charge in [-0.25, -0.2) is 9.48 Å². The van der Waals surface area contributed by atoms with Crippen LogP contribution in [0, 0.1) is 0 Å². The van der Waals surface area contributed by atoms with E-state index in [2.05, 4.69) is 21.0 Å². The first-order valence-corrected chi connectivity index (χ1v) is 7.12. The summed E-state index contributed by atoms with van der Waals surface area (Å²) in [6, 6.07) is 5.40. The van der Waals surface area contributed by atoms with Crippen LogP contribution < -0.4 is 0 Å². The summed E-state index contributed by atoms with van der Waals surface area (Å²) in [4.78, 5) is 11.3. The van der Waals surface area contributed by atoms with Crippen LogP contribution in [0.4, 0.5) is 0 Å². The molecule has 2 aromatic rings. The number of aromatic carboxylic acids is 1. The largest absolute Gasteiger partial charge is 0.476 e. The SMILES string of the molecule is O=C(O)c1nn(-c2ccc(Br)c(Cl)c2)c2c1COCC2. The van der Waals surface area contributed by atoms with Crippen LogP contribution in [0.15, 0.2) is 22.7 Å². The molecule has 0 saturated heterocycles. The van der Waals surface area contributed by atoms with Gasteiger partial charge in [-0.05, 0) is 34.1 Å². The zero-order chi connectivity index (χ0) is 14.3. The van der Waals surface area contributed by atoms with Crippen LogP contribution in [-0.4, -0.2) is 27.5 Å². The minimum absolute atomic E-state index is 0.0405. The van der Waals surface area contributed by atoms with E-state index in [1.807, 2.05) is 12.1 Å². The average molecular weight is 358 g/mol. The van der Waals surface area contributed by atoms with Gasteiger partial charge in [0.15, 0.2) is 5.69 Å². The van der Waals surface area contributed by atoms with E-state index in [-0.39, 0.29) is 12.3 Å². The van der Waals surface area contributed by atoms with Crippen molar-refractivity contribution < 1.29 is 14.6 Å². The summed E-state index contributed by atoms with van der Waals surface area (Å²) in [5, 5.41) is 14.0. The van der Waals surface area contributed by atoms with Crippen LogP contribution in [0.5, 0.6) is 0 Å². The highest BCUT2D eigenvalue weighted by Crippen LogP contribution is 2.28. The van der Waals surface area contributed by atoms with Gasteiger partial charge in [-0.1, -0.05) is 11.6 Å². The number of hydrogen-bond donors (Lipinski definition) is 1. The van der Waals surface area contributed by atoms with Gasteiger partial charge < -0.3 is 9.84 Å². The minimum Gasteiger partial charge on any atom is -0.476 e. The smallest absolute Gasteiger partial charge is 0.356 e. The van der Waals surface area contributed by atoms with Gasteiger partial charge in [0.05, 0.1) is 29.6 Å². The standard InChI is InChI=1S/C13H10BrClN2O3/c14-9-2-1-7(5-10(9)15)17-11-3-4-20-6-8(11)12(16-17)13(18)19/h1-2,5H,3-4,6H2,(H,18,19). The Hall–Kier alpha value is -1.37. The van der Waals surface area contributed by atoms with Crippen molar-refractivity contribution in [2.45, 2.75) is 13.0 Å². The fourth-order valence-electron chi connectivity index (χ4n) is 2.24. The highest BCUT2D eigenvalue weighted by molar-refractivity contribution is 9.10. The molecule has 104 valence electrons. The lowest BCUT2D eigenvalue weighted by molar-refractivity contribution is 0.0677. The molecule has 0 unspecified atom stereocenters. The number of carboxylic acids is 1. The summed E-state index contributed by atoms with van der Waals surface area (Å²) >= 11 is 9.42. The predicted molar refractivity (Wildman–Crippen MR) is 76.6 cm³/mol. The first-order valence-electron chi connectivity index (χ1n) is 5.95. The molecule has 0 spiro atoms. The summed E-state index contributed by atoms with van der Waals surface area (Å²) < 4.78 is 7.75. The van der Waals surface area contributed by atoms with Crippen molar-refractivity contribution in [1.82, 2.24) is 9.78 Å². The summed E-state index contributed by atoms with van der Waals surface area (Å²) in [6.45, 7) is 0.837. The van der Waals surface area contributed by atoms with Crippen molar-refractivity contribution >= 4 is 33.5 Å². The molecular weight excluding hydrogens is 348 g/mol. The molecule has 0 saturated carbocycles. The van der Waals surface area contributed by atoms with Crippen molar-refractivity contribution in [3.8, 4) is 5.69 Å². The number of carbonyl (C=O) groups is 1. The molecule has 0 amide bonds. The number of hydrogen-bond acceptors (Lipinski definition) is 3. The number of nitrogens with zero attached hydrogens (tertiary/aromatic N) is 2. The molecule has 1 aliphatic heterocycles. The molecule has 3 rings (SSSR count). The van der Waals surface area contributed by atoms with E-state index in [0.29, 0.717) is 23.6 Å². The van der Waals surface area contributed by atoms with E-state index < -0.39 is 5.97 Å². The van der Waals surface area contributed by atoms with Crippen LogP contribution in [0.3, 0.4) is 0 Å². The predicted octanol–water partition coefficient (Wildman–Crippen LogP) is 3.06. The van der Waals surface area contributed by atoms with Crippen molar-refractivity contribution in [3.63, 3.8) is 0 Å². The van der Waals surface area contributed by atoms with Gasteiger partial charge in [0, 0.05) is 16.5 Å². The van der Waals surface area contributed by atoms with E-state index in [1.54, 1.807) is 10.7 Å². The number of halogens is 2. The van der Waals surface area contributed by atoms with Gasteiger partial charge in [-0.15, -0.1) is 0 Å². The first-order chi connectivity index (χ1) is 9.58. The van der Waals surface area contributed by atoms with E-state index in [0.717, 1.165) is 15.9 Å². The molecule has 1 aliphatic rings. The van der Waals surface area contributed by atoms with Crippen LogP contribution >= 0.6 is 27.5 Å². The fraction of sp³-hybridized carbons (Fsp3) is 0.231. The molecule has 0 radical (unpaired) electrons. The minimum atomic E-state index is -1.05. The quantitative estimate of drug-likeness (QED) is 0.897. The van der Waals surface area contributed by atoms with Gasteiger partial charge >= 0.3 is 5.97 Å². The molecule has 20 heavy (non-hydrogen) atoms. The second kappa shape index (κ2) is 5.20. The Labute approximate surface area is 128 Å². The third-order valence-corrected chi connectivity index (χ3v) is 4.40. The van der Waals surface area contributed by atoms with Crippen molar-refractivity contribution in [2.24, 2.45) is 0 Å². The first kappa shape index (κ1) is 13.6. The van der Waals surface area contributed by atoms with Gasteiger partial charge in [0.1, 0.15) is 0 Å². The van der Waals surface area contributed by atoms with Gasteiger partial charge in [-0.3, -0.25) is 0 Å². The highest BCUT2D eigenvalue weighted by atomic mass is 79.9. The molecule has 5 nitrogen and oxygen atoms in total. The third kappa shape index (κ3) is 2.24. The molecular formula is C13H10BrClN2O3. The number of ether oxygens (including phenoxy) is 1. The van der Waals surface area contributed by atoms with Crippen LogP contribution in [0.25, 0.3) is 5.69 Å². The topological polar surface area (TPSA) is 64.3 Å². The normalized spacial score (nSPS) is 14.1. The molecule has 7 heteroatoms. The van der Waals surface area contributed by atoms with Gasteiger partial charge in [0.2, 0.25) is 0 Å². The van der Waals surface area contributed by atoms with Gasteiger partial charge in [-0.2, -0.15) is 5.10 Å². The second-order valence-electron chi connectivity index (χ2n) is 4.39. The number of benzene rings is 1. The van der Waals surface area contributed by atoms with Crippen molar-refractivity contribution in [3.05, 3.63) is 44.6 Å². The molecule has 1 N–H and O–H groups in total. The maximum absolute atomic E-state index is 11.3. The molecule has 0 aliphatic carbocycles. The molecule has 2 heterocycles. The Morgan fingerprint density at radius 3 is 3.00 bits per heavy atom. The zero-order valence-corrected chi connectivity index (χ0v) is 12.6. The highest BCUT2D eigenvalue weighted by Gasteiger charge is 2.25. The lowest BCUT2D eigenvalue weighted by atomic mass is 10.1. The second-order valence-corrected chi connectivity index (χ2v) is 5.65.